The molecular formula is C7H8N2S. The van der Waals surface area contributed by atoms with Crippen LogP contribution in [0, 0.1) is 0 Å². The molecule has 0 N–H and O–H groups in total. The highest BCUT2D eigenvalue weighted by molar-refractivity contribution is 7.47. The van der Waals surface area contributed by atoms with E-state index >= 15 is 0 Å². The number of aryl methyl sites for hydroxylation is 1. The van der Waals surface area contributed by atoms with Gasteiger partial charge in [0.05, 0.1) is 11.9 Å². The fourth-order valence-corrected chi connectivity index (χ4v) is 0.788. The minimum absolute atomic E-state index is 0.757. The lowest BCUT2D eigenvalue weighted by atomic mass is 10.3. The van der Waals surface area contributed by atoms with Crippen LogP contribution in [-0.2, 0) is 18.8 Å². The second kappa shape index (κ2) is 3.37. The Morgan fingerprint density at radius 3 is 2.80 bits per heavy atom. The van der Waals surface area contributed by atoms with E-state index in [0.29, 0.717) is 0 Å². The third kappa shape index (κ3) is 1.57. The molecule has 0 spiro atoms. The lowest BCUT2D eigenvalue weighted by Gasteiger charge is -1.93. The highest BCUT2D eigenvalue weighted by Crippen LogP contribution is 2.08. The molecule has 0 radical (unpaired) electrons. The van der Waals surface area contributed by atoms with Gasteiger partial charge < -0.3 is 0 Å². The van der Waals surface area contributed by atoms with Crippen LogP contribution in [0.2, 0.25) is 0 Å². The van der Waals surface area contributed by atoms with Crippen LogP contribution in [0.1, 0.15) is 12.6 Å². The van der Waals surface area contributed by atoms with E-state index in [4.69, 9.17) is 0 Å². The van der Waals surface area contributed by atoms with Crippen LogP contribution in [0.25, 0.3) is 0 Å². The molecule has 52 valence electrons. The summed E-state index contributed by atoms with van der Waals surface area (Å²) in [4.78, 5) is 4.11. The minimum Gasteiger partial charge on any atom is -0.259 e. The largest absolute Gasteiger partial charge is 0.259 e. The van der Waals surface area contributed by atoms with Gasteiger partial charge in [0.2, 0.25) is 0 Å². The summed E-state index contributed by atoms with van der Waals surface area (Å²) < 4.78 is 3.57. The van der Waals surface area contributed by atoms with E-state index in [1.807, 2.05) is 12.1 Å². The van der Waals surface area contributed by atoms with Gasteiger partial charge in [0.1, 0.15) is 0 Å². The molecule has 0 atom stereocenters. The van der Waals surface area contributed by atoms with Gasteiger partial charge in [0.25, 0.3) is 0 Å². The standard InChI is InChI=1S/C7H8N2S/c1-2-6-3-4-7(9-10)5-8-6/h3-5H,2H2,1H3. The first-order chi connectivity index (χ1) is 4.86. The molecule has 0 aliphatic rings. The summed E-state index contributed by atoms with van der Waals surface area (Å²) in [6.45, 7) is 2.06. The molecule has 0 amide bonds. The molecular weight excluding hydrogens is 144 g/mol. The first kappa shape index (κ1) is 7.28. The summed E-state index contributed by atoms with van der Waals surface area (Å²) in [6.07, 6.45) is 2.64. The zero-order valence-corrected chi connectivity index (χ0v) is 6.56. The molecule has 0 aliphatic carbocycles. The zero-order chi connectivity index (χ0) is 7.40. The molecule has 10 heavy (non-hydrogen) atoms. The van der Waals surface area contributed by atoms with Crippen LogP contribution < -0.4 is 0 Å². The Bertz CT molecular complexity index is 218. The predicted molar refractivity (Wildman–Crippen MR) is 43.1 cm³/mol. The van der Waals surface area contributed by atoms with Gasteiger partial charge in [-0.15, -0.1) is 0 Å². The first-order valence-corrected chi connectivity index (χ1v) is 3.51. The lowest BCUT2D eigenvalue weighted by Crippen LogP contribution is -1.82. The van der Waals surface area contributed by atoms with E-state index in [-0.39, 0.29) is 0 Å². The Morgan fingerprint density at radius 2 is 2.40 bits per heavy atom. The normalized spacial score (nSPS) is 9.30. The van der Waals surface area contributed by atoms with E-state index in [9.17, 15) is 0 Å². The summed E-state index contributed by atoms with van der Waals surface area (Å²) in [6, 6.07) is 3.81. The van der Waals surface area contributed by atoms with Crippen molar-refractivity contribution in [1.82, 2.24) is 4.98 Å². The number of rotatable bonds is 2. The van der Waals surface area contributed by atoms with E-state index in [1.54, 1.807) is 6.20 Å². The van der Waals surface area contributed by atoms with Crippen molar-refractivity contribution >= 4 is 18.1 Å². The summed E-state index contributed by atoms with van der Waals surface area (Å²) in [5.74, 6) is 0. The average Bonchev–Trinajstić information content (AvgIpc) is 2.05. The molecule has 1 aromatic heterocycles. The van der Waals surface area contributed by atoms with E-state index < -0.39 is 0 Å². The topological polar surface area (TPSA) is 25.2 Å². The van der Waals surface area contributed by atoms with Crippen molar-refractivity contribution in [2.24, 2.45) is 4.36 Å². The molecule has 0 aromatic carbocycles. The highest BCUT2D eigenvalue weighted by Gasteiger charge is 1.89. The molecule has 0 saturated heterocycles. The fraction of sp³-hybridized carbons (Fsp3) is 0.286. The van der Waals surface area contributed by atoms with Crippen LogP contribution in [-0.4, -0.2) is 4.98 Å². The van der Waals surface area contributed by atoms with Crippen molar-refractivity contribution in [3.63, 3.8) is 0 Å². The predicted octanol–water partition coefficient (Wildman–Crippen LogP) is 2.01. The van der Waals surface area contributed by atoms with Crippen molar-refractivity contribution in [1.29, 1.82) is 0 Å². The number of pyridine rings is 1. The second-order valence-corrected chi connectivity index (χ2v) is 2.14. The van der Waals surface area contributed by atoms with E-state index in [2.05, 4.69) is 28.7 Å². The van der Waals surface area contributed by atoms with Crippen LogP contribution in [0.3, 0.4) is 0 Å². The Balaban J connectivity index is 2.90. The van der Waals surface area contributed by atoms with E-state index in [0.717, 1.165) is 17.8 Å². The number of hydrogen-bond acceptors (Lipinski definition) is 3. The Hall–Kier alpha value is -0.830. The maximum absolute atomic E-state index is 4.48. The third-order valence-electron chi connectivity index (χ3n) is 1.28. The van der Waals surface area contributed by atoms with Gasteiger partial charge in [0.15, 0.2) is 0 Å². The number of aromatic nitrogens is 1. The molecule has 2 nitrogen and oxygen atoms in total. The van der Waals surface area contributed by atoms with Crippen LogP contribution >= 0.6 is 0 Å². The summed E-state index contributed by atoms with van der Waals surface area (Å²) in [5, 5.41) is 0. The van der Waals surface area contributed by atoms with Gasteiger partial charge in [-0.1, -0.05) is 6.92 Å². The maximum Gasteiger partial charge on any atom is 0.0952 e. The van der Waals surface area contributed by atoms with Gasteiger partial charge in [-0.25, -0.2) is 0 Å². The highest BCUT2D eigenvalue weighted by atomic mass is 32.1. The molecule has 1 aromatic rings. The summed E-state index contributed by atoms with van der Waals surface area (Å²) in [5.41, 5.74) is 1.83. The van der Waals surface area contributed by atoms with Gasteiger partial charge in [-0.05, 0) is 18.6 Å². The van der Waals surface area contributed by atoms with Crippen LogP contribution in [0.4, 0.5) is 5.69 Å². The summed E-state index contributed by atoms with van der Waals surface area (Å²) >= 11 is 4.48. The first-order valence-electron chi connectivity index (χ1n) is 3.15. The zero-order valence-electron chi connectivity index (χ0n) is 5.74. The number of hydrogen-bond donors (Lipinski definition) is 0. The van der Waals surface area contributed by atoms with E-state index in [1.165, 1.54) is 0 Å². The van der Waals surface area contributed by atoms with Crippen LogP contribution in [0.15, 0.2) is 22.7 Å². The fourth-order valence-electron chi connectivity index (χ4n) is 0.680. The molecule has 1 heterocycles. The Labute approximate surface area is 65.5 Å². The lowest BCUT2D eigenvalue weighted by molar-refractivity contribution is 1.04. The molecule has 0 unspecified atom stereocenters. The van der Waals surface area contributed by atoms with Crippen molar-refractivity contribution in [2.75, 3.05) is 0 Å². The molecule has 0 aliphatic heterocycles. The Morgan fingerprint density at radius 1 is 1.60 bits per heavy atom. The van der Waals surface area contributed by atoms with Crippen molar-refractivity contribution in [3.05, 3.63) is 24.0 Å². The molecule has 0 saturated carbocycles. The molecule has 1 rings (SSSR count). The monoisotopic (exact) mass is 152 g/mol. The van der Waals surface area contributed by atoms with Gasteiger partial charge >= 0.3 is 0 Å². The SMILES string of the molecule is CCc1ccc(N=S)cn1. The molecule has 0 fully saturated rings. The van der Waals surface area contributed by atoms with Crippen molar-refractivity contribution in [2.45, 2.75) is 13.3 Å². The van der Waals surface area contributed by atoms with Crippen molar-refractivity contribution in [3.8, 4) is 0 Å². The maximum atomic E-state index is 4.48. The third-order valence-corrected chi connectivity index (χ3v) is 1.49. The molecule has 3 heteroatoms. The molecule has 0 bridgehead atoms. The van der Waals surface area contributed by atoms with Crippen LogP contribution in [0.5, 0.6) is 0 Å². The van der Waals surface area contributed by atoms with Crippen molar-refractivity contribution < 1.29 is 0 Å². The average molecular weight is 152 g/mol. The minimum atomic E-state index is 0.757. The van der Waals surface area contributed by atoms with Gasteiger partial charge in [0, 0.05) is 18.1 Å². The second-order valence-electron chi connectivity index (χ2n) is 1.95. The number of nitrogens with zero attached hydrogens (tertiary/aromatic N) is 2. The van der Waals surface area contributed by atoms with Gasteiger partial charge in [-0.2, -0.15) is 4.36 Å². The smallest absolute Gasteiger partial charge is 0.0952 e. The quantitative estimate of drug-likeness (QED) is 0.647. The van der Waals surface area contributed by atoms with Gasteiger partial charge in [-0.3, -0.25) is 4.98 Å². The summed E-state index contributed by atoms with van der Waals surface area (Å²) in [7, 11) is 0. The Kier molecular flexibility index (Phi) is 2.45.